The van der Waals surface area contributed by atoms with Crippen LogP contribution in [0.3, 0.4) is 0 Å². The number of rotatable bonds is 5. The number of halogens is 1. The molecule has 0 fully saturated rings. The molecule has 2 aromatic rings. The fraction of sp³-hybridized carbons (Fsp3) is 0.357. The summed E-state index contributed by atoms with van der Waals surface area (Å²) in [6.45, 7) is 6.00. The molecule has 1 aromatic carbocycles. The third-order valence-corrected chi connectivity index (χ3v) is 4.11. The molecule has 18 heavy (non-hydrogen) atoms. The third-order valence-electron chi connectivity index (χ3n) is 2.79. The van der Waals surface area contributed by atoms with Crippen molar-refractivity contribution in [3.8, 4) is 0 Å². The summed E-state index contributed by atoms with van der Waals surface area (Å²) < 4.78 is 0. The summed E-state index contributed by atoms with van der Waals surface area (Å²) >= 11 is 7.62. The summed E-state index contributed by atoms with van der Waals surface area (Å²) in [5.74, 6) is 0. The van der Waals surface area contributed by atoms with Crippen LogP contribution >= 0.6 is 22.9 Å². The lowest BCUT2D eigenvalue weighted by Gasteiger charge is -2.04. The van der Waals surface area contributed by atoms with E-state index in [2.05, 4.69) is 36.3 Å². The SMILES string of the molecule is Cc1nc(C)c(CNCCc2ccc(Cl)cc2)s1. The Kier molecular flexibility index (Phi) is 4.75. The van der Waals surface area contributed by atoms with Gasteiger partial charge in [0.15, 0.2) is 0 Å². The van der Waals surface area contributed by atoms with Crippen LogP contribution in [0.25, 0.3) is 0 Å². The predicted molar refractivity (Wildman–Crippen MR) is 78.5 cm³/mol. The third kappa shape index (κ3) is 3.80. The van der Waals surface area contributed by atoms with Crippen LogP contribution in [0.5, 0.6) is 0 Å². The Morgan fingerprint density at radius 3 is 2.56 bits per heavy atom. The van der Waals surface area contributed by atoms with E-state index in [1.54, 1.807) is 11.3 Å². The van der Waals surface area contributed by atoms with Gasteiger partial charge >= 0.3 is 0 Å². The zero-order chi connectivity index (χ0) is 13.0. The quantitative estimate of drug-likeness (QED) is 0.844. The average molecular weight is 281 g/mol. The van der Waals surface area contributed by atoms with E-state index < -0.39 is 0 Å². The number of hydrogen-bond donors (Lipinski definition) is 1. The van der Waals surface area contributed by atoms with E-state index in [1.807, 2.05) is 12.1 Å². The largest absolute Gasteiger partial charge is 0.311 e. The van der Waals surface area contributed by atoms with Crippen LogP contribution < -0.4 is 5.32 Å². The molecule has 1 N–H and O–H groups in total. The second-order valence-corrected chi connectivity index (χ2v) is 6.02. The van der Waals surface area contributed by atoms with Crippen molar-refractivity contribution in [2.24, 2.45) is 0 Å². The standard InChI is InChI=1S/C14H17ClN2S/c1-10-14(18-11(2)17-10)9-16-8-7-12-3-5-13(15)6-4-12/h3-6,16H,7-9H2,1-2H3. The van der Waals surface area contributed by atoms with Gasteiger partial charge in [0, 0.05) is 16.4 Å². The van der Waals surface area contributed by atoms with Crippen molar-refractivity contribution in [2.45, 2.75) is 26.8 Å². The average Bonchev–Trinajstić information content (AvgIpc) is 2.66. The highest BCUT2D eigenvalue weighted by atomic mass is 35.5. The fourth-order valence-electron chi connectivity index (χ4n) is 1.82. The highest BCUT2D eigenvalue weighted by Crippen LogP contribution is 2.16. The van der Waals surface area contributed by atoms with E-state index in [4.69, 9.17) is 11.6 Å². The van der Waals surface area contributed by atoms with E-state index in [-0.39, 0.29) is 0 Å². The van der Waals surface area contributed by atoms with Gasteiger partial charge in [-0.3, -0.25) is 0 Å². The van der Waals surface area contributed by atoms with Crippen LogP contribution in [0.2, 0.25) is 5.02 Å². The molecule has 1 aromatic heterocycles. The maximum absolute atomic E-state index is 5.85. The van der Waals surface area contributed by atoms with E-state index >= 15 is 0 Å². The molecule has 0 amide bonds. The molecule has 0 saturated heterocycles. The number of benzene rings is 1. The molecular formula is C14H17ClN2S. The zero-order valence-electron chi connectivity index (χ0n) is 10.7. The maximum atomic E-state index is 5.85. The van der Waals surface area contributed by atoms with Gasteiger partial charge in [0.05, 0.1) is 10.7 Å². The second-order valence-electron chi connectivity index (χ2n) is 4.29. The summed E-state index contributed by atoms with van der Waals surface area (Å²) in [4.78, 5) is 5.76. The van der Waals surface area contributed by atoms with Gasteiger partial charge in [-0.25, -0.2) is 4.98 Å². The number of thiazole rings is 1. The summed E-state index contributed by atoms with van der Waals surface area (Å²) in [5.41, 5.74) is 2.46. The molecule has 2 nitrogen and oxygen atoms in total. The number of nitrogens with zero attached hydrogens (tertiary/aromatic N) is 1. The first-order chi connectivity index (χ1) is 8.65. The second kappa shape index (κ2) is 6.32. The fourth-order valence-corrected chi connectivity index (χ4v) is 2.86. The van der Waals surface area contributed by atoms with Crippen LogP contribution in [-0.4, -0.2) is 11.5 Å². The van der Waals surface area contributed by atoms with E-state index in [0.29, 0.717) is 0 Å². The van der Waals surface area contributed by atoms with Gasteiger partial charge in [-0.2, -0.15) is 0 Å². The molecule has 0 aliphatic rings. The van der Waals surface area contributed by atoms with Crippen LogP contribution in [0.1, 0.15) is 21.1 Å². The first kappa shape index (κ1) is 13.5. The molecule has 0 unspecified atom stereocenters. The van der Waals surface area contributed by atoms with Gasteiger partial charge in [0.2, 0.25) is 0 Å². The lowest BCUT2D eigenvalue weighted by molar-refractivity contribution is 0.690. The molecule has 0 atom stereocenters. The Bertz CT molecular complexity index is 505. The topological polar surface area (TPSA) is 24.9 Å². The van der Waals surface area contributed by atoms with Crippen LogP contribution in [0.15, 0.2) is 24.3 Å². The molecule has 0 radical (unpaired) electrons. The number of hydrogen-bond acceptors (Lipinski definition) is 3. The smallest absolute Gasteiger partial charge is 0.0900 e. The lowest BCUT2D eigenvalue weighted by atomic mass is 10.1. The van der Waals surface area contributed by atoms with Gasteiger partial charge in [-0.05, 0) is 44.5 Å². The Morgan fingerprint density at radius 1 is 1.22 bits per heavy atom. The van der Waals surface area contributed by atoms with Gasteiger partial charge in [0.25, 0.3) is 0 Å². The molecule has 0 aliphatic heterocycles. The monoisotopic (exact) mass is 280 g/mol. The van der Waals surface area contributed by atoms with Crippen molar-refractivity contribution >= 4 is 22.9 Å². The molecule has 0 saturated carbocycles. The normalized spacial score (nSPS) is 10.8. The summed E-state index contributed by atoms with van der Waals surface area (Å²) in [6, 6.07) is 8.03. The Morgan fingerprint density at radius 2 is 1.94 bits per heavy atom. The van der Waals surface area contributed by atoms with Gasteiger partial charge in [-0.1, -0.05) is 23.7 Å². The molecule has 2 rings (SSSR count). The van der Waals surface area contributed by atoms with Crippen LogP contribution in [-0.2, 0) is 13.0 Å². The van der Waals surface area contributed by atoms with Crippen LogP contribution in [0, 0.1) is 13.8 Å². The van der Waals surface area contributed by atoms with Crippen molar-refractivity contribution in [1.29, 1.82) is 0 Å². The number of aromatic nitrogens is 1. The van der Waals surface area contributed by atoms with Crippen molar-refractivity contribution in [3.05, 3.63) is 50.4 Å². The Balaban J connectivity index is 1.76. The molecule has 0 spiro atoms. The summed E-state index contributed by atoms with van der Waals surface area (Å²) in [7, 11) is 0. The highest BCUT2D eigenvalue weighted by molar-refractivity contribution is 7.11. The summed E-state index contributed by atoms with van der Waals surface area (Å²) in [6.07, 6.45) is 1.02. The molecular weight excluding hydrogens is 264 g/mol. The van der Waals surface area contributed by atoms with E-state index in [1.165, 1.54) is 10.4 Å². The van der Waals surface area contributed by atoms with Crippen molar-refractivity contribution in [2.75, 3.05) is 6.54 Å². The van der Waals surface area contributed by atoms with Crippen molar-refractivity contribution in [3.63, 3.8) is 0 Å². The molecule has 96 valence electrons. The van der Waals surface area contributed by atoms with Crippen molar-refractivity contribution < 1.29 is 0 Å². The predicted octanol–water partition coefficient (Wildman–Crippen LogP) is 3.75. The maximum Gasteiger partial charge on any atom is 0.0900 e. The molecule has 0 bridgehead atoms. The van der Waals surface area contributed by atoms with Gasteiger partial charge in [-0.15, -0.1) is 11.3 Å². The minimum absolute atomic E-state index is 0.794. The van der Waals surface area contributed by atoms with Crippen molar-refractivity contribution in [1.82, 2.24) is 10.3 Å². The highest BCUT2D eigenvalue weighted by Gasteiger charge is 2.03. The molecule has 4 heteroatoms. The zero-order valence-corrected chi connectivity index (χ0v) is 12.2. The Labute approximate surface area is 117 Å². The Hall–Kier alpha value is -0.900. The molecule has 0 aliphatic carbocycles. The minimum Gasteiger partial charge on any atom is -0.311 e. The van der Waals surface area contributed by atoms with Gasteiger partial charge < -0.3 is 5.32 Å². The first-order valence-corrected chi connectivity index (χ1v) is 7.22. The minimum atomic E-state index is 0.794. The first-order valence-electron chi connectivity index (χ1n) is 6.03. The lowest BCUT2D eigenvalue weighted by Crippen LogP contribution is -2.16. The number of aryl methyl sites for hydroxylation is 2. The summed E-state index contributed by atoms with van der Waals surface area (Å²) in [5, 5.41) is 5.39. The van der Waals surface area contributed by atoms with E-state index in [0.717, 1.165) is 35.2 Å². The van der Waals surface area contributed by atoms with Crippen LogP contribution in [0.4, 0.5) is 0 Å². The number of nitrogens with one attached hydrogen (secondary N) is 1. The van der Waals surface area contributed by atoms with Gasteiger partial charge in [0.1, 0.15) is 0 Å². The molecule has 1 heterocycles. The van der Waals surface area contributed by atoms with E-state index in [9.17, 15) is 0 Å².